The molecule has 2 aromatic carbocycles. The number of nitrogens with zero attached hydrogens (tertiary/aromatic N) is 1. The van der Waals surface area contributed by atoms with Crippen molar-refractivity contribution >= 4 is 40.3 Å². The summed E-state index contributed by atoms with van der Waals surface area (Å²) in [6.45, 7) is 0.469. The van der Waals surface area contributed by atoms with E-state index in [2.05, 4.69) is 0 Å². The molecule has 152 valence electrons. The number of aromatic hydroxyl groups is 1. The van der Waals surface area contributed by atoms with Crippen molar-refractivity contribution in [2.24, 2.45) is 0 Å². The third-order valence-electron chi connectivity index (χ3n) is 4.45. The number of amides is 1. The summed E-state index contributed by atoms with van der Waals surface area (Å²) >= 11 is 6.67. The zero-order valence-electron chi connectivity index (χ0n) is 16.3. The lowest BCUT2D eigenvalue weighted by Gasteiger charge is -2.15. The molecule has 1 heterocycles. The maximum Gasteiger partial charge on any atom is 0.266 e. The van der Waals surface area contributed by atoms with E-state index in [4.69, 9.17) is 26.4 Å². The van der Waals surface area contributed by atoms with Crippen LogP contribution < -0.4 is 14.2 Å². The second-order valence-electron chi connectivity index (χ2n) is 6.20. The number of carbonyl (C=O) groups is 1. The molecule has 0 aromatic heterocycles. The van der Waals surface area contributed by atoms with Crippen LogP contribution in [-0.4, -0.2) is 48.1 Å². The molecular formula is C21H21NO5S2. The van der Waals surface area contributed by atoms with Crippen LogP contribution in [0.2, 0.25) is 0 Å². The Balaban J connectivity index is 1.72. The molecule has 0 radical (unpaired) electrons. The van der Waals surface area contributed by atoms with Crippen LogP contribution in [0.15, 0.2) is 41.3 Å². The fourth-order valence-electron chi connectivity index (χ4n) is 2.91. The molecular weight excluding hydrogens is 410 g/mol. The number of hydrogen-bond donors (Lipinski definition) is 1. The van der Waals surface area contributed by atoms with Gasteiger partial charge in [-0.25, -0.2) is 0 Å². The zero-order valence-corrected chi connectivity index (χ0v) is 17.9. The van der Waals surface area contributed by atoms with Gasteiger partial charge in [-0.2, -0.15) is 0 Å². The van der Waals surface area contributed by atoms with E-state index in [1.807, 2.05) is 18.2 Å². The minimum atomic E-state index is -0.132. The highest BCUT2D eigenvalue weighted by atomic mass is 32.2. The van der Waals surface area contributed by atoms with Crippen molar-refractivity contribution in [2.45, 2.75) is 6.42 Å². The Labute approximate surface area is 179 Å². The average Bonchev–Trinajstić information content (AvgIpc) is 3.00. The second-order valence-corrected chi connectivity index (χ2v) is 7.88. The maximum absolute atomic E-state index is 12.8. The van der Waals surface area contributed by atoms with Crippen LogP contribution in [0.4, 0.5) is 0 Å². The van der Waals surface area contributed by atoms with E-state index >= 15 is 0 Å². The molecule has 1 amide bonds. The monoisotopic (exact) mass is 431 g/mol. The lowest BCUT2D eigenvalue weighted by atomic mass is 10.1. The highest BCUT2D eigenvalue weighted by Crippen LogP contribution is 2.35. The lowest BCUT2D eigenvalue weighted by Crippen LogP contribution is -2.30. The van der Waals surface area contributed by atoms with Gasteiger partial charge in [0.1, 0.15) is 4.32 Å². The smallest absolute Gasteiger partial charge is 0.266 e. The van der Waals surface area contributed by atoms with Crippen molar-refractivity contribution in [1.29, 1.82) is 0 Å². The molecule has 0 spiro atoms. The first-order chi connectivity index (χ1) is 14.0. The van der Waals surface area contributed by atoms with Gasteiger partial charge in [0.2, 0.25) is 0 Å². The van der Waals surface area contributed by atoms with Crippen LogP contribution in [-0.2, 0) is 11.2 Å². The van der Waals surface area contributed by atoms with Crippen LogP contribution in [0.25, 0.3) is 6.08 Å². The van der Waals surface area contributed by atoms with Gasteiger partial charge in [0.15, 0.2) is 23.0 Å². The first kappa shape index (κ1) is 21.0. The quantitative estimate of drug-likeness (QED) is 0.527. The molecule has 0 bridgehead atoms. The normalized spacial score (nSPS) is 15.1. The first-order valence-electron chi connectivity index (χ1n) is 8.80. The molecule has 1 aliphatic rings. The number of phenolic OH excluding ortho intramolecular Hbond substituents is 1. The summed E-state index contributed by atoms with van der Waals surface area (Å²) in [6.07, 6.45) is 2.38. The molecule has 29 heavy (non-hydrogen) atoms. The van der Waals surface area contributed by atoms with E-state index in [1.165, 1.54) is 24.9 Å². The van der Waals surface area contributed by atoms with Gasteiger partial charge in [-0.05, 0) is 47.9 Å². The van der Waals surface area contributed by atoms with Gasteiger partial charge < -0.3 is 19.3 Å². The largest absolute Gasteiger partial charge is 0.504 e. The Hall–Kier alpha value is -2.71. The summed E-state index contributed by atoms with van der Waals surface area (Å²) in [5.41, 5.74) is 1.77. The number of carbonyl (C=O) groups excluding carboxylic acids is 1. The summed E-state index contributed by atoms with van der Waals surface area (Å²) in [7, 11) is 4.66. The maximum atomic E-state index is 12.8. The van der Waals surface area contributed by atoms with E-state index in [-0.39, 0.29) is 11.7 Å². The third-order valence-corrected chi connectivity index (χ3v) is 5.82. The number of methoxy groups -OCH3 is 3. The number of ether oxygens (including phenoxy) is 3. The van der Waals surface area contributed by atoms with Gasteiger partial charge >= 0.3 is 0 Å². The topological polar surface area (TPSA) is 68.2 Å². The number of benzene rings is 2. The molecule has 0 aliphatic carbocycles. The van der Waals surface area contributed by atoms with E-state index in [9.17, 15) is 9.90 Å². The van der Waals surface area contributed by atoms with Crippen LogP contribution in [0.1, 0.15) is 11.1 Å². The number of rotatable bonds is 7. The molecule has 1 saturated heterocycles. The number of thioether (sulfide) groups is 1. The lowest BCUT2D eigenvalue weighted by molar-refractivity contribution is -0.122. The Morgan fingerprint density at radius 2 is 1.76 bits per heavy atom. The van der Waals surface area contributed by atoms with Gasteiger partial charge in [-0.3, -0.25) is 9.69 Å². The summed E-state index contributed by atoms with van der Waals surface area (Å²) < 4.78 is 16.2. The van der Waals surface area contributed by atoms with Crippen molar-refractivity contribution in [1.82, 2.24) is 4.90 Å². The van der Waals surface area contributed by atoms with E-state index in [0.717, 1.165) is 11.1 Å². The van der Waals surface area contributed by atoms with Crippen LogP contribution in [0.5, 0.6) is 23.0 Å². The molecule has 0 unspecified atom stereocenters. The summed E-state index contributed by atoms with van der Waals surface area (Å²) in [4.78, 5) is 14.9. The highest BCUT2D eigenvalue weighted by molar-refractivity contribution is 8.26. The number of phenols is 1. The third kappa shape index (κ3) is 4.65. The summed E-state index contributed by atoms with van der Waals surface area (Å²) in [6, 6.07) is 10.6. The predicted molar refractivity (Wildman–Crippen MR) is 118 cm³/mol. The van der Waals surface area contributed by atoms with Crippen molar-refractivity contribution in [2.75, 3.05) is 27.9 Å². The molecule has 0 saturated carbocycles. The Morgan fingerprint density at radius 3 is 2.45 bits per heavy atom. The summed E-state index contributed by atoms with van der Waals surface area (Å²) in [5, 5.41) is 9.72. The molecule has 3 rings (SSSR count). The van der Waals surface area contributed by atoms with Gasteiger partial charge in [-0.1, -0.05) is 36.1 Å². The fraction of sp³-hybridized carbons (Fsp3) is 0.238. The molecule has 1 aliphatic heterocycles. The van der Waals surface area contributed by atoms with Crippen molar-refractivity contribution in [3.63, 3.8) is 0 Å². The minimum Gasteiger partial charge on any atom is -0.504 e. The fourth-order valence-corrected chi connectivity index (χ4v) is 4.21. The van der Waals surface area contributed by atoms with Crippen LogP contribution in [0, 0.1) is 0 Å². The highest BCUT2D eigenvalue weighted by Gasteiger charge is 2.31. The SMILES string of the molecule is COc1cc(/C=C2\SC(=S)N(CCc3ccc(OC)c(OC)c3)C2=O)ccc1O. The van der Waals surface area contributed by atoms with Gasteiger partial charge in [0, 0.05) is 6.54 Å². The van der Waals surface area contributed by atoms with E-state index < -0.39 is 0 Å². The Bertz CT molecular complexity index is 974. The van der Waals surface area contributed by atoms with Crippen molar-refractivity contribution in [3.05, 3.63) is 52.4 Å². The Kier molecular flexibility index (Phi) is 6.66. The van der Waals surface area contributed by atoms with Gasteiger partial charge in [0.25, 0.3) is 5.91 Å². The molecule has 0 atom stereocenters. The molecule has 8 heteroatoms. The van der Waals surface area contributed by atoms with Crippen molar-refractivity contribution < 1.29 is 24.1 Å². The average molecular weight is 432 g/mol. The second kappa shape index (κ2) is 9.19. The molecule has 2 aromatic rings. The molecule has 1 N–H and O–H groups in total. The van der Waals surface area contributed by atoms with Crippen molar-refractivity contribution in [3.8, 4) is 23.0 Å². The first-order valence-corrected chi connectivity index (χ1v) is 10.0. The number of hydrogen-bond acceptors (Lipinski definition) is 7. The van der Waals surface area contributed by atoms with Gasteiger partial charge in [0.05, 0.1) is 26.2 Å². The van der Waals surface area contributed by atoms with E-state index in [0.29, 0.717) is 39.4 Å². The molecule has 6 nitrogen and oxygen atoms in total. The zero-order chi connectivity index (χ0) is 21.0. The van der Waals surface area contributed by atoms with Crippen LogP contribution in [0.3, 0.4) is 0 Å². The predicted octanol–water partition coefficient (Wildman–Crippen LogP) is 3.86. The Morgan fingerprint density at radius 1 is 1.03 bits per heavy atom. The standard InChI is InChI=1S/C21H21NO5S2/c1-25-16-7-5-13(10-18(16)27-3)8-9-22-20(24)19(29-21(22)28)12-14-4-6-15(23)17(11-14)26-2/h4-7,10-12,23H,8-9H2,1-3H3/b19-12-. The number of thiocarbonyl (C=S) groups is 1. The van der Waals surface area contributed by atoms with Crippen LogP contribution >= 0.6 is 24.0 Å². The summed E-state index contributed by atoms with van der Waals surface area (Å²) in [5.74, 6) is 1.58. The van der Waals surface area contributed by atoms with Gasteiger partial charge in [-0.15, -0.1) is 0 Å². The molecule has 1 fully saturated rings. The minimum absolute atomic E-state index is 0.0483. The van der Waals surface area contributed by atoms with E-state index in [1.54, 1.807) is 37.3 Å².